The molecule has 1 aliphatic carbocycles. The van der Waals surface area contributed by atoms with Crippen LogP contribution in [-0.4, -0.2) is 12.0 Å². The van der Waals surface area contributed by atoms with Gasteiger partial charge in [-0.25, -0.2) is 0 Å². The van der Waals surface area contributed by atoms with Gasteiger partial charge in [0.15, 0.2) is 0 Å². The Bertz CT molecular complexity index is 657. The van der Waals surface area contributed by atoms with E-state index in [1.165, 1.54) is 0 Å². The number of allylic oxidation sites excluding steroid dienone is 3. The van der Waals surface area contributed by atoms with Crippen molar-refractivity contribution >= 4 is 5.91 Å². The normalized spacial score (nSPS) is 30.2. The van der Waals surface area contributed by atoms with Crippen molar-refractivity contribution in [2.75, 3.05) is 0 Å². The van der Waals surface area contributed by atoms with Crippen molar-refractivity contribution in [3.05, 3.63) is 65.9 Å². The molecule has 2 heterocycles. The monoisotopic (exact) mass is 251 g/mol. The minimum absolute atomic E-state index is 0.0181. The fraction of sp³-hybridized carbons (Fsp3) is 0.188. The first-order chi connectivity index (χ1) is 9.25. The van der Waals surface area contributed by atoms with Gasteiger partial charge in [0.1, 0.15) is 11.9 Å². The summed E-state index contributed by atoms with van der Waals surface area (Å²) in [6.45, 7) is 4.04. The molecule has 4 rings (SSSR count). The number of carbonyl (C=O) groups excluding carboxylic acids is 1. The average Bonchev–Trinajstić information content (AvgIpc) is 2.42. The highest BCUT2D eigenvalue weighted by molar-refractivity contribution is 5.99. The van der Waals surface area contributed by atoms with Crippen LogP contribution in [0.5, 0.6) is 5.75 Å². The number of benzene rings is 1. The molecule has 0 bridgehead atoms. The van der Waals surface area contributed by atoms with Crippen LogP contribution in [0.3, 0.4) is 0 Å². The van der Waals surface area contributed by atoms with Crippen LogP contribution >= 0.6 is 0 Å². The second-order valence-electron chi connectivity index (χ2n) is 5.10. The van der Waals surface area contributed by atoms with Gasteiger partial charge < -0.3 is 10.1 Å². The Morgan fingerprint density at radius 1 is 1.21 bits per heavy atom. The van der Waals surface area contributed by atoms with Gasteiger partial charge in [0, 0.05) is 28.7 Å². The third kappa shape index (κ3) is 1.35. The van der Waals surface area contributed by atoms with E-state index in [0.29, 0.717) is 5.56 Å². The van der Waals surface area contributed by atoms with E-state index in [1.54, 1.807) is 0 Å². The maximum atomic E-state index is 12.0. The topological polar surface area (TPSA) is 38.3 Å². The van der Waals surface area contributed by atoms with E-state index in [2.05, 4.69) is 24.0 Å². The van der Waals surface area contributed by atoms with Crippen LogP contribution in [0.4, 0.5) is 0 Å². The molecule has 0 fully saturated rings. The minimum Gasteiger partial charge on any atom is -0.485 e. The Balaban J connectivity index is 1.97. The predicted molar refractivity (Wildman–Crippen MR) is 72.0 cm³/mol. The molecule has 0 aromatic heterocycles. The zero-order chi connectivity index (χ0) is 13.0. The second-order valence-corrected chi connectivity index (χ2v) is 5.10. The van der Waals surface area contributed by atoms with Gasteiger partial charge in [-0.05, 0) is 18.2 Å². The number of hydrogen-bond donors (Lipinski definition) is 1. The van der Waals surface area contributed by atoms with Crippen LogP contribution in [0.1, 0.15) is 21.8 Å². The van der Waals surface area contributed by atoms with E-state index in [0.717, 1.165) is 17.0 Å². The van der Waals surface area contributed by atoms with E-state index in [9.17, 15) is 4.79 Å². The Morgan fingerprint density at radius 2 is 2.05 bits per heavy atom. The van der Waals surface area contributed by atoms with Crippen molar-refractivity contribution < 1.29 is 9.53 Å². The van der Waals surface area contributed by atoms with Gasteiger partial charge in [0.25, 0.3) is 5.91 Å². The van der Waals surface area contributed by atoms with Gasteiger partial charge in [0.2, 0.25) is 0 Å². The Kier molecular flexibility index (Phi) is 2.01. The molecular formula is C16H13NO2. The van der Waals surface area contributed by atoms with E-state index in [4.69, 9.17) is 4.74 Å². The molecule has 0 saturated carbocycles. The summed E-state index contributed by atoms with van der Waals surface area (Å²) in [5, 5.41) is 2.88. The van der Waals surface area contributed by atoms with Gasteiger partial charge >= 0.3 is 0 Å². The molecule has 0 saturated heterocycles. The molecule has 3 nitrogen and oxygen atoms in total. The smallest absolute Gasteiger partial charge is 0.255 e. The van der Waals surface area contributed by atoms with E-state index < -0.39 is 0 Å². The molecule has 2 aliphatic heterocycles. The second kappa shape index (κ2) is 3.60. The maximum Gasteiger partial charge on any atom is 0.255 e. The Labute approximate surface area is 111 Å². The number of ether oxygens (including phenoxy) is 1. The quantitative estimate of drug-likeness (QED) is 0.769. The van der Waals surface area contributed by atoms with Crippen molar-refractivity contribution in [1.29, 1.82) is 0 Å². The summed E-state index contributed by atoms with van der Waals surface area (Å²) in [7, 11) is 0. The Hall–Kier alpha value is -2.29. The maximum absolute atomic E-state index is 12.0. The van der Waals surface area contributed by atoms with E-state index >= 15 is 0 Å². The molecule has 1 aromatic carbocycles. The molecule has 1 N–H and O–H groups in total. The highest BCUT2D eigenvalue weighted by atomic mass is 16.5. The zero-order valence-electron chi connectivity index (χ0n) is 10.3. The molecule has 1 amide bonds. The number of rotatable bonds is 0. The van der Waals surface area contributed by atoms with Crippen LogP contribution in [0, 0.1) is 5.92 Å². The lowest BCUT2D eigenvalue weighted by molar-refractivity contribution is 0.0933. The van der Waals surface area contributed by atoms with Gasteiger partial charge in [-0.1, -0.05) is 30.9 Å². The molecule has 3 unspecified atom stereocenters. The number of amides is 1. The van der Waals surface area contributed by atoms with Gasteiger partial charge in [-0.3, -0.25) is 4.79 Å². The number of fused-ring (bicyclic) bond motifs is 2. The van der Waals surface area contributed by atoms with Crippen molar-refractivity contribution in [2.45, 2.75) is 12.0 Å². The third-order valence-corrected chi connectivity index (χ3v) is 4.04. The fourth-order valence-electron chi connectivity index (χ4n) is 3.22. The van der Waals surface area contributed by atoms with Crippen LogP contribution in [0.2, 0.25) is 0 Å². The molecule has 0 radical (unpaired) electrons. The summed E-state index contributed by atoms with van der Waals surface area (Å²) in [5.74, 6) is 1.02. The summed E-state index contributed by atoms with van der Waals surface area (Å²) in [6.07, 6.45) is 8.24. The lowest BCUT2D eigenvalue weighted by Gasteiger charge is -2.42. The first-order valence-corrected chi connectivity index (χ1v) is 6.40. The fourth-order valence-corrected chi connectivity index (χ4v) is 3.22. The molecule has 94 valence electrons. The summed E-state index contributed by atoms with van der Waals surface area (Å²) < 4.78 is 6.02. The van der Waals surface area contributed by atoms with Crippen LogP contribution in [0.25, 0.3) is 0 Å². The SMILES string of the molecule is C=C1NC(=O)c2cccc3c2C1C1C=CC=CC1O3. The molecule has 0 spiro atoms. The summed E-state index contributed by atoms with van der Waals surface area (Å²) in [6, 6.07) is 5.64. The molecular weight excluding hydrogens is 238 g/mol. The van der Waals surface area contributed by atoms with E-state index in [-0.39, 0.29) is 23.8 Å². The molecule has 3 heteroatoms. The third-order valence-electron chi connectivity index (χ3n) is 4.04. The number of nitrogens with one attached hydrogen (secondary N) is 1. The first kappa shape index (κ1) is 10.6. The zero-order valence-corrected chi connectivity index (χ0v) is 10.3. The highest BCUT2D eigenvalue weighted by Gasteiger charge is 2.42. The molecule has 3 aliphatic rings. The summed E-state index contributed by atoms with van der Waals surface area (Å²) >= 11 is 0. The van der Waals surface area contributed by atoms with Gasteiger partial charge in [-0.2, -0.15) is 0 Å². The lowest BCUT2D eigenvalue weighted by Crippen LogP contribution is -2.43. The minimum atomic E-state index is -0.0875. The van der Waals surface area contributed by atoms with Crippen molar-refractivity contribution in [2.24, 2.45) is 5.92 Å². The molecule has 3 atom stereocenters. The predicted octanol–water partition coefficient (Wildman–Crippen LogP) is 2.53. The largest absolute Gasteiger partial charge is 0.485 e. The summed E-state index contributed by atoms with van der Waals surface area (Å²) in [5.41, 5.74) is 2.46. The van der Waals surface area contributed by atoms with Crippen LogP contribution in [-0.2, 0) is 0 Å². The number of carbonyl (C=O) groups is 1. The Morgan fingerprint density at radius 3 is 2.95 bits per heavy atom. The van der Waals surface area contributed by atoms with Crippen molar-refractivity contribution in [3.8, 4) is 5.75 Å². The standard InChI is InChI=1S/C16H13NO2/c1-9-14-10-5-2-3-7-12(10)19-13-8-4-6-11(15(13)14)16(18)17-9/h2-8,10,12,14H,1H2,(H,17,18). The molecule has 1 aromatic rings. The average molecular weight is 251 g/mol. The first-order valence-electron chi connectivity index (χ1n) is 6.40. The van der Waals surface area contributed by atoms with Crippen molar-refractivity contribution in [1.82, 2.24) is 5.32 Å². The van der Waals surface area contributed by atoms with Gasteiger partial charge in [-0.15, -0.1) is 0 Å². The highest BCUT2D eigenvalue weighted by Crippen LogP contribution is 2.48. The van der Waals surface area contributed by atoms with Crippen molar-refractivity contribution in [3.63, 3.8) is 0 Å². The van der Waals surface area contributed by atoms with Crippen LogP contribution in [0.15, 0.2) is 54.8 Å². The lowest BCUT2D eigenvalue weighted by atomic mass is 9.73. The molecule has 19 heavy (non-hydrogen) atoms. The van der Waals surface area contributed by atoms with Gasteiger partial charge in [0.05, 0.1) is 0 Å². The van der Waals surface area contributed by atoms with E-state index in [1.807, 2.05) is 30.4 Å². The summed E-state index contributed by atoms with van der Waals surface area (Å²) in [4.78, 5) is 12.0. The number of hydrogen-bond acceptors (Lipinski definition) is 2. The van der Waals surface area contributed by atoms with Crippen LogP contribution < -0.4 is 10.1 Å².